The third-order valence-corrected chi connectivity index (χ3v) is 2.18. The van der Waals surface area contributed by atoms with Crippen molar-refractivity contribution in [2.45, 2.75) is 25.9 Å². The summed E-state index contributed by atoms with van der Waals surface area (Å²) in [5.74, 6) is 0.143. The second-order valence-corrected chi connectivity index (χ2v) is 3.52. The Kier molecular flexibility index (Phi) is 4.38. The van der Waals surface area contributed by atoms with Gasteiger partial charge in [0.25, 0.3) is 0 Å². The van der Waals surface area contributed by atoms with E-state index in [2.05, 4.69) is 0 Å². The van der Waals surface area contributed by atoms with Gasteiger partial charge in [0.2, 0.25) is 0 Å². The quantitative estimate of drug-likeness (QED) is 0.754. The van der Waals surface area contributed by atoms with Crippen LogP contribution < -0.4 is 4.74 Å². The van der Waals surface area contributed by atoms with Crippen LogP contribution in [0.25, 0.3) is 0 Å². The van der Waals surface area contributed by atoms with Crippen molar-refractivity contribution < 1.29 is 17.9 Å². The molecule has 92 valence electrons. The fraction of sp³-hybridized carbons (Fsp3) is 0.417. The molecule has 2 nitrogen and oxygen atoms in total. The average molecular weight is 243 g/mol. The second kappa shape index (κ2) is 5.58. The number of benzene rings is 1. The summed E-state index contributed by atoms with van der Waals surface area (Å²) >= 11 is 0. The molecule has 0 saturated heterocycles. The molecule has 0 aliphatic heterocycles. The van der Waals surface area contributed by atoms with Gasteiger partial charge in [-0.3, -0.25) is 0 Å². The smallest absolute Gasteiger partial charge is 0.417 e. The van der Waals surface area contributed by atoms with Crippen molar-refractivity contribution in [3.05, 3.63) is 29.3 Å². The molecule has 17 heavy (non-hydrogen) atoms. The van der Waals surface area contributed by atoms with E-state index in [1.165, 1.54) is 12.1 Å². The summed E-state index contributed by atoms with van der Waals surface area (Å²) in [6.45, 7) is 2.34. The molecule has 0 aliphatic rings. The molecule has 0 bridgehead atoms. The molecule has 0 aliphatic carbocycles. The van der Waals surface area contributed by atoms with Gasteiger partial charge in [-0.05, 0) is 24.6 Å². The van der Waals surface area contributed by atoms with Crippen LogP contribution in [0.3, 0.4) is 0 Å². The van der Waals surface area contributed by atoms with Crippen LogP contribution in [0.1, 0.15) is 30.9 Å². The van der Waals surface area contributed by atoms with Gasteiger partial charge in [0.15, 0.2) is 0 Å². The summed E-state index contributed by atoms with van der Waals surface area (Å²) in [5.41, 5.74) is -1.34. The molecule has 0 unspecified atom stereocenters. The van der Waals surface area contributed by atoms with Crippen LogP contribution in [0, 0.1) is 11.3 Å². The first kappa shape index (κ1) is 13.4. The van der Waals surface area contributed by atoms with Crippen molar-refractivity contribution in [1.82, 2.24) is 0 Å². The minimum absolute atomic E-state index is 0.143. The molecule has 0 atom stereocenters. The lowest BCUT2D eigenvalue weighted by Crippen LogP contribution is -2.08. The fourth-order valence-electron chi connectivity index (χ4n) is 1.28. The van der Waals surface area contributed by atoms with Crippen LogP contribution in [0.5, 0.6) is 5.75 Å². The Hall–Kier alpha value is -1.70. The molecular weight excluding hydrogens is 231 g/mol. The van der Waals surface area contributed by atoms with Crippen LogP contribution in [0.2, 0.25) is 0 Å². The van der Waals surface area contributed by atoms with E-state index in [4.69, 9.17) is 10.00 Å². The van der Waals surface area contributed by atoms with Crippen molar-refractivity contribution in [1.29, 1.82) is 5.26 Å². The Labute approximate surface area is 97.6 Å². The topological polar surface area (TPSA) is 33.0 Å². The number of hydrogen-bond acceptors (Lipinski definition) is 2. The van der Waals surface area contributed by atoms with E-state index in [0.717, 1.165) is 25.0 Å². The molecule has 0 amide bonds. The van der Waals surface area contributed by atoms with Crippen LogP contribution in [-0.2, 0) is 6.18 Å². The number of halogens is 3. The lowest BCUT2D eigenvalue weighted by atomic mass is 10.1. The second-order valence-electron chi connectivity index (χ2n) is 3.52. The van der Waals surface area contributed by atoms with Crippen LogP contribution in [0.15, 0.2) is 18.2 Å². The number of ether oxygens (including phenoxy) is 1. The van der Waals surface area contributed by atoms with Gasteiger partial charge in [-0.15, -0.1) is 0 Å². The normalized spacial score (nSPS) is 11.0. The molecule has 0 aromatic heterocycles. The minimum Gasteiger partial charge on any atom is -0.494 e. The van der Waals surface area contributed by atoms with E-state index in [-0.39, 0.29) is 11.3 Å². The van der Waals surface area contributed by atoms with Gasteiger partial charge in [-0.2, -0.15) is 18.4 Å². The maximum Gasteiger partial charge on any atom is 0.417 e. The van der Waals surface area contributed by atoms with E-state index < -0.39 is 11.7 Å². The molecule has 0 radical (unpaired) electrons. The number of unbranched alkanes of at least 4 members (excludes halogenated alkanes) is 1. The van der Waals surface area contributed by atoms with Crippen LogP contribution in [0.4, 0.5) is 13.2 Å². The highest BCUT2D eigenvalue weighted by Gasteiger charge is 2.34. The van der Waals surface area contributed by atoms with Crippen molar-refractivity contribution in [3.8, 4) is 11.8 Å². The lowest BCUT2D eigenvalue weighted by molar-refractivity contribution is -0.137. The Balaban J connectivity index is 2.94. The van der Waals surface area contributed by atoms with Gasteiger partial charge in [0, 0.05) is 0 Å². The lowest BCUT2D eigenvalue weighted by Gasteiger charge is -2.11. The minimum atomic E-state index is -4.53. The van der Waals surface area contributed by atoms with Gasteiger partial charge in [-0.1, -0.05) is 13.3 Å². The molecule has 1 aromatic carbocycles. The monoisotopic (exact) mass is 243 g/mol. The van der Waals surface area contributed by atoms with Crippen molar-refractivity contribution in [3.63, 3.8) is 0 Å². The Morgan fingerprint density at radius 1 is 1.35 bits per heavy atom. The predicted molar refractivity (Wildman–Crippen MR) is 56.6 cm³/mol. The highest BCUT2D eigenvalue weighted by molar-refractivity contribution is 5.44. The van der Waals surface area contributed by atoms with E-state index in [1.54, 1.807) is 0 Å². The van der Waals surface area contributed by atoms with Crippen molar-refractivity contribution in [2.24, 2.45) is 0 Å². The molecule has 1 aromatic rings. The molecule has 0 heterocycles. The molecular formula is C12H12F3NO. The highest BCUT2D eigenvalue weighted by atomic mass is 19.4. The maximum absolute atomic E-state index is 12.6. The van der Waals surface area contributed by atoms with E-state index in [9.17, 15) is 13.2 Å². The first-order valence-corrected chi connectivity index (χ1v) is 5.23. The predicted octanol–water partition coefficient (Wildman–Crippen LogP) is 3.76. The van der Waals surface area contributed by atoms with Gasteiger partial charge in [-0.25, -0.2) is 0 Å². The largest absolute Gasteiger partial charge is 0.494 e. The van der Waals surface area contributed by atoms with Crippen molar-refractivity contribution >= 4 is 0 Å². The summed E-state index contributed by atoms with van der Waals surface area (Å²) in [6.07, 6.45) is -2.85. The van der Waals surface area contributed by atoms with Gasteiger partial charge in [0.1, 0.15) is 5.75 Å². The molecule has 0 fully saturated rings. The third-order valence-electron chi connectivity index (χ3n) is 2.18. The fourth-order valence-corrected chi connectivity index (χ4v) is 1.28. The Morgan fingerprint density at radius 2 is 2.06 bits per heavy atom. The Bertz CT molecular complexity index is 421. The number of rotatable bonds is 4. The Morgan fingerprint density at radius 3 is 2.59 bits per heavy atom. The third kappa shape index (κ3) is 3.66. The standard InChI is InChI=1S/C12H12F3NO/c1-2-3-6-17-10-5-4-9(8-16)11(7-10)12(13,14)15/h4-5,7H,2-3,6H2,1H3. The molecule has 1 rings (SSSR count). The van der Waals surface area contributed by atoms with Crippen molar-refractivity contribution in [2.75, 3.05) is 6.61 Å². The summed E-state index contributed by atoms with van der Waals surface area (Å²) in [7, 11) is 0. The SMILES string of the molecule is CCCCOc1ccc(C#N)c(C(F)(F)F)c1. The number of alkyl halides is 3. The molecule has 5 heteroatoms. The highest BCUT2D eigenvalue weighted by Crippen LogP contribution is 2.34. The van der Waals surface area contributed by atoms with Crippen LogP contribution in [-0.4, -0.2) is 6.61 Å². The zero-order valence-electron chi connectivity index (χ0n) is 9.34. The summed E-state index contributed by atoms with van der Waals surface area (Å²) in [4.78, 5) is 0. The van der Waals surface area contributed by atoms with Crippen LogP contribution >= 0.6 is 0 Å². The van der Waals surface area contributed by atoms with Gasteiger partial charge in [0.05, 0.1) is 23.8 Å². The molecule has 0 spiro atoms. The van der Waals surface area contributed by atoms with E-state index in [1.807, 2.05) is 6.92 Å². The number of nitriles is 1. The summed E-state index contributed by atoms with van der Waals surface area (Å²) < 4.78 is 43.0. The molecule has 0 N–H and O–H groups in total. The zero-order valence-corrected chi connectivity index (χ0v) is 9.34. The average Bonchev–Trinajstić information content (AvgIpc) is 2.28. The van der Waals surface area contributed by atoms with Gasteiger partial charge < -0.3 is 4.74 Å². The number of hydrogen-bond donors (Lipinski definition) is 0. The molecule has 0 saturated carbocycles. The first-order valence-electron chi connectivity index (χ1n) is 5.23. The van der Waals surface area contributed by atoms with E-state index >= 15 is 0 Å². The summed E-state index contributed by atoms with van der Waals surface area (Å²) in [5, 5.41) is 8.60. The number of nitrogens with zero attached hydrogens (tertiary/aromatic N) is 1. The zero-order chi connectivity index (χ0) is 12.9. The maximum atomic E-state index is 12.6. The van der Waals surface area contributed by atoms with Gasteiger partial charge >= 0.3 is 6.18 Å². The summed E-state index contributed by atoms with van der Waals surface area (Å²) in [6, 6.07) is 4.90. The first-order chi connectivity index (χ1) is 7.99. The van der Waals surface area contributed by atoms with E-state index in [0.29, 0.717) is 6.61 Å².